The molecule has 2 N–H and O–H groups in total. The summed E-state index contributed by atoms with van der Waals surface area (Å²) in [7, 11) is 0. The van der Waals surface area contributed by atoms with Gasteiger partial charge in [0.05, 0.1) is 12.1 Å². The molecule has 0 aliphatic rings. The van der Waals surface area contributed by atoms with Gasteiger partial charge in [-0.3, -0.25) is 0 Å². The molecule has 1 rings (SSSR count). The summed E-state index contributed by atoms with van der Waals surface area (Å²) in [5.74, 6) is -1.47. The van der Waals surface area contributed by atoms with Crippen LogP contribution in [0.25, 0.3) is 0 Å². The molecule has 0 amide bonds. The largest absolute Gasteiger partial charge is 0.547 e. The number of carbonyl (C=O) groups excluding carboxylic acids is 1. The summed E-state index contributed by atoms with van der Waals surface area (Å²) in [6, 6.07) is 6.06. The number of carbonyl (C=O) groups is 1. The lowest BCUT2D eigenvalue weighted by Crippen LogP contribution is -2.36. The number of carboxylic acid groups (broad SMARTS) is 1. The standard InChI is InChI=1S/C9H10O4/c10-7-3-1-2-6(4-7)5-8(11)9(12)13/h1-4,8,10-11H,5H2,(H,12,13)/p-1. The summed E-state index contributed by atoms with van der Waals surface area (Å²) >= 11 is 0. The molecule has 13 heavy (non-hydrogen) atoms. The van der Waals surface area contributed by atoms with Gasteiger partial charge in [0.1, 0.15) is 5.75 Å². The first-order chi connectivity index (χ1) is 6.09. The molecule has 0 bridgehead atoms. The number of hydrogen-bond acceptors (Lipinski definition) is 4. The smallest absolute Gasteiger partial charge is 0.115 e. The number of hydrogen-bond donors (Lipinski definition) is 2. The van der Waals surface area contributed by atoms with E-state index in [1.165, 1.54) is 12.1 Å². The Morgan fingerprint density at radius 1 is 1.54 bits per heavy atom. The molecule has 0 saturated heterocycles. The van der Waals surface area contributed by atoms with Gasteiger partial charge < -0.3 is 20.1 Å². The maximum Gasteiger partial charge on any atom is 0.115 e. The van der Waals surface area contributed by atoms with E-state index in [2.05, 4.69) is 0 Å². The fourth-order valence-electron chi connectivity index (χ4n) is 0.990. The molecule has 1 aromatic carbocycles. The molecule has 0 aromatic heterocycles. The van der Waals surface area contributed by atoms with Crippen molar-refractivity contribution in [2.45, 2.75) is 12.5 Å². The molecule has 4 nitrogen and oxygen atoms in total. The van der Waals surface area contributed by atoms with Crippen LogP contribution in [0.15, 0.2) is 24.3 Å². The highest BCUT2D eigenvalue weighted by Crippen LogP contribution is 2.12. The Kier molecular flexibility index (Phi) is 2.87. The fourth-order valence-corrected chi connectivity index (χ4v) is 0.990. The first-order valence-corrected chi connectivity index (χ1v) is 3.76. The van der Waals surface area contributed by atoms with Crippen molar-refractivity contribution in [1.82, 2.24) is 0 Å². The second-order valence-electron chi connectivity index (χ2n) is 2.71. The minimum atomic E-state index is -1.53. The van der Waals surface area contributed by atoms with Gasteiger partial charge in [0.15, 0.2) is 0 Å². The molecule has 0 heterocycles. The molecule has 1 aromatic rings. The minimum absolute atomic E-state index is 0.0445. The van der Waals surface area contributed by atoms with Crippen LogP contribution in [0.3, 0.4) is 0 Å². The highest BCUT2D eigenvalue weighted by Gasteiger charge is 2.06. The topological polar surface area (TPSA) is 80.6 Å². The second kappa shape index (κ2) is 3.91. The maximum atomic E-state index is 10.2. The van der Waals surface area contributed by atoms with E-state index in [9.17, 15) is 9.90 Å². The lowest BCUT2D eigenvalue weighted by Gasteiger charge is -2.10. The number of aromatic hydroxyl groups is 1. The van der Waals surface area contributed by atoms with E-state index in [1.807, 2.05) is 0 Å². The number of aliphatic carboxylic acids is 1. The van der Waals surface area contributed by atoms with Crippen LogP contribution < -0.4 is 5.11 Å². The van der Waals surface area contributed by atoms with E-state index in [4.69, 9.17) is 10.2 Å². The average Bonchev–Trinajstić information content (AvgIpc) is 2.04. The Morgan fingerprint density at radius 3 is 2.77 bits per heavy atom. The van der Waals surface area contributed by atoms with Crippen LogP contribution >= 0.6 is 0 Å². The molecule has 0 aliphatic heterocycles. The summed E-state index contributed by atoms with van der Waals surface area (Å²) < 4.78 is 0. The monoisotopic (exact) mass is 181 g/mol. The normalized spacial score (nSPS) is 12.4. The van der Waals surface area contributed by atoms with Crippen molar-refractivity contribution < 1.29 is 20.1 Å². The van der Waals surface area contributed by atoms with Gasteiger partial charge in [0.25, 0.3) is 0 Å². The minimum Gasteiger partial charge on any atom is -0.547 e. The predicted molar refractivity (Wildman–Crippen MR) is 42.8 cm³/mol. The Balaban J connectivity index is 2.69. The van der Waals surface area contributed by atoms with E-state index < -0.39 is 12.1 Å². The number of phenolic OH excluding ortho intramolecular Hbond substituents is 1. The van der Waals surface area contributed by atoms with Gasteiger partial charge in [-0.05, 0) is 17.7 Å². The summed E-state index contributed by atoms with van der Waals surface area (Å²) in [6.45, 7) is 0. The van der Waals surface area contributed by atoms with Crippen LogP contribution in [-0.2, 0) is 11.2 Å². The molecule has 1 unspecified atom stereocenters. The third-order valence-electron chi connectivity index (χ3n) is 1.61. The third kappa shape index (κ3) is 2.76. The van der Waals surface area contributed by atoms with Crippen molar-refractivity contribution in [3.05, 3.63) is 29.8 Å². The van der Waals surface area contributed by atoms with Gasteiger partial charge >= 0.3 is 0 Å². The zero-order valence-electron chi connectivity index (χ0n) is 6.80. The molecular weight excluding hydrogens is 172 g/mol. The molecule has 0 fully saturated rings. The Hall–Kier alpha value is -1.55. The number of aliphatic hydroxyl groups excluding tert-OH is 1. The number of benzene rings is 1. The third-order valence-corrected chi connectivity index (χ3v) is 1.61. The molecule has 1 atom stereocenters. The first-order valence-electron chi connectivity index (χ1n) is 3.76. The van der Waals surface area contributed by atoms with Gasteiger partial charge in [-0.15, -0.1) is 0 Å². The molecular formula is C9H9O4-. The molecule has 0 radical (unpaired) electrons. The van der Waals surface area contributed by atoms with E-state index in [-0.39, 0.29) is 12.2 Å². The summed E-state index contributed by atoms with van der Waals surface area (Å²) in [5.41, 5.74) is 0.553. The van der Waals surface area contributed by atoms with E-state index in [1.54, 1.807) is 12.1 Å². The number of phenols is 1. The fraction of sp³-hybridized carbons (Fsp3) is 0.222. The molecule has 0 spiro atoms. The zero-order chi connectivity index (χ0) is 9.84. The molecule has 0 saturated carbocycles. The van der Waals surface area contributed by atoms with Crippen LogP contribution in [0.1, 0.15) is 5.56 Å². The second-order valence-corrected chi connectivity index (χ2v) is 2.71. The molecule has 0 aliphatic carbocycles. The highest BCUT2D eigenvalue weighted by molar-refractivity contribution is 5.70. The van der Waals surface area contributed by atoms with Crippen molar-refractivity contribution in [2.24, 2.45) is 0 Å². The average molecular weight is 181 g/mol. The van der Waals surface area contributed by atoms with Crippen molar-refractivity contribution in [3.8, 4) is 5.75 Å². The maximum absolute atomic E-state index is 10.2. The van der Waals surface area contributed by atoms with E-state index in [0.717, 1.165) is 0 Å². The summed E-state index contributed by atoms with van der Waals surface area (Å²) in [6.07, 6.45) is -1.58. The Bertz CT molecular complexity index is 308. The lowest BCUT2D eigenvalue weighted by molar-refractivity contribution is -0.314. The summed E-state index contributed by atoms with van der Waals surface area (Å²) in [5, 5.41) is 28.1. The zero-order valence-corrected chi connectivity index (χ0v) is 6.80. The lowest BCUT2D eigenvalue weighted by atomic mass is 10.1. The number of rotatable bonds is 3. The van der Waals surface area contributed by atoms with Crippen molar-refractivity contribution >= 4 is 5.97 Å². The van der Waals surface area contributed by atoms with Gasteiger partial charge in [-0.25, -0.2) is 0 Å². The Morgan fingerprint density at radius 2 is 2.23 bits per heavy atom. The van der Waals surface area contributed by atoms with Crippen molar-refractivity contribution in [1.29, 1.82) is 0 Å². The van der Waals surface area contributed by atoms with Crippen LogP contribution in [0, 0.1) is 0 Å². The number of carboxylic acids is 1. The van der Waals surface area contributed by atoms with E-state index in [0.29, 0.717) is 5.56 Å². The van der Waals surface area contributed by atoms with Gasteiger partial charge in [-0.1, -0.05) is 12.1 Å². The van der Waals surface area contributed by atoms with Crippen LogP contribution in [0.5, 0.6) is 5.75 Å². The first kappa shape index (κ1) is 9.54. The van der Waals surface area contributed by atoms with Crippen molar-refractivity contribution in [2.75, 3.05) is 0 Å². The van der Waals surface area contributed by atoms with Gasteiger partial charge in [0.2, 0.25) is 0 Å². The Labute approximate surface area is 75.1 Å². The van der Waals surface area contributed by atoms with Gasteiger partial charge in [0, 0.05) is 6.42 Å². The van der Waals surface area contributed by atoms with Crippen LogP contribution in [-0.4, -0.2) is 22.3 Å². The predicted octanol–water partition coefficient (Wildman–Crippen LogP) is -0.955. The number of aliphatic hydroxyl groups is 1. The van der Waals surface area contributed by atoms with E-state index >= 15 is 0 Å². The molecule has 4 heteroatoms. The van der Waals surface area contributed by atoms with Crippen molar-refractivity contribution in [3.63, 3.8) is 0 Å². The summed E-state index contributed by atoms with van der Waals surface area (Å²) in [4.78, 5) is 10.2. The van der Waals surface area contributed by atoms with Gasteiger partial charge in [-0.2, -0.15) is 0 Å². The van der Waals surface area contributed by atoms with Crippen LogP contribution in [0.4, 0.5) is 0 Å². The highest BCUT2D eigenvalue weighted by atomic mass is 16.4. The molecule has 70 valence electrons. The van der Waals surface area contributed by atoms with Crippen LogP contribution in [0.2, 0.25) is 0 Å². The quantitative estimate of drug-likeness (QED) is 0.629. The SMILES string of the molecule is O=C([O-])C(O)Cc1cccc(O)c1.